The van der Waals surface area contributed by atoms with Gasteiger partial charge in [-0.05, 0) is 36.8 Å². The fourth-order valence-electron chi connectivity index (χ4n) is 2.91. The van der Waals surface area contributed by atoms with Crippen LogP contribution in [-0.2, 0) is 6.54 Å². The van der Waals surface area contributed by atoms with Crippen molar-refractivity contribution in [2.24, 2.45) is 11.7 Å². The molecule has 0 spiro atoms. The van der Waals surface area contributed by atoms with Crippen molar-refractivity contribution in [2.75, 3.05) is 13.1 Å². The van der Waals surface area contributed by atoms with Gasteiger partial charge in [-0.3, -0.25) is 4.90 Å². The molecule has 0 aliphatic carbocycles. The van der Waals surface area contributed by atoms with Gasteiger partial charge in [-0.2, -0.15) is 16.3 Å². The molecule has 2 aromatic rings. The Morgan fingerprint density at radius 1 is 1.52 bits per heavy atom. The van der Waals surface area contributed by atoms with Crippen LogP contribution in [0.3, 0.4) is 0 Å². The van der Waals surface area contributed by atoms with Gasteiger partial charge in [-0.15, -0.1) is 12.4 Å². The molecule has 0 bridgehead atoms. The van der Waals surface area contributed by atoms with Crippen molar-refractivity contribution < 1.29 is 4.52 Å². The van der Waals surface area contributed by atoms with Gasteiger partial charge in [0, 0.05) is 23.5 Å². The summed E-state index contributed by atoms with van der Waals surface area (Å²) in [6.45, 7) is 4.71. The van der Waals surface area contributed by atoms with Gasteiger partial charge < -0.3 is 10.3 Å². The summed E-state index contributed by atoms with van der Waals surface area (Å²) in [6.07, 6.45) is 2.46. The highest BCUT2D eigenvalue weighted by Crippen LogP contribution is 2.25. The Bertz CT molecular complexity index is 545. The Hall–Kier alpha value is -0.950. The van der Waals surface area contributed by atoms with Gasteiger partial charge in [-0.1, -0.05) is 12.1 Å². The van der Waals surface area contributed by atoms with E-state index in [4.69, 9.17) is 10.3 Å². The van der Waals surface area contributed by atoms with Crippen molar-refractivity contribution in [1.29, 1.82) is 0 Å². The number of hydrogen-bond donors (Lipinski definition) is 1. The zero-order valence-electron chi connectivity index (χ0n) is 12.1. The van der Waals surface area contributed by atoms with E-state index in [0.29, 0.717) is 36.8 Å². The molecule has 0 aromatic carbocycles. The average molecular weight is 329 g/mol. The second-order valence-corrected chi connectivity index (χ2v) is 6.20. The molecule has 7 heteroatoms. The molecule has 2 unspecified atom stereocenters. The zero-order chi connectivity index (χ0) is 13.9. The largest absolute Gasteiger partial charge is 0.338 e. The molecule has 0 saturated carbocycles. The normalized spacial score (nSPS) is 23.0. The Kier molecular flexibility index (Phi) is 5.75. The van der Waals surface area contributed by atoms with Gasteiger partial charge in [0.25, 0.3) is 0 Å². The first-order valence-electron chi connectivity index (χ1n) is 7.07. The number of nitrogens with zero attached hydrogens (tertiary/aromatic N) is 3. The first-order valence-corrected chi connectivity index (χ1v) is 8.01. The number of aromatic nitrogens is 2. The van der Waals surface area contributed by atoms with E-state index in [1.165, 1.54) is 12.8 Å². The molecule has 21 heavy (non-hydrogen) atoms. The lowest BCUT2D eigenvalue weighted by Gasteiger charge is -2.38. The SMILES string of the molecule is CC1CCCN(Cc2nc(-c3ccsc3)no2)C1CN.Cl. The van der Waals surface area contributed by atoms with Gasteiger partial charge >= 0.3 is 0 Å². The smallest absolute Gasteiger partial charge is 0.241 e. The fourth-order valence-corrected chi connectivity index (χ4v) is 3.55. The van der Waals surface area contributed by atoms with E-state index in [1.807, 2.05) is 16.8 Å². The van der Waals surface area contributed by atoms with Gasteiger partial charge in [-0.25, -0.2) is 0 Å². The lowest BCUT2D eigenvalue weighted by atomic mass is 9.91. The van der Waals surface area contributed by atoms with Gasteiger partial charge in [0.15, 0.2) is 0 Å². The summed E-state index contributed by atoms with van der Waals surface area (Å²) in [6, 6.07) is 2.42. The van der Waals surface area contributed by atoms with E-state index in [0.717, 1.165) is 12.1 Å². The monoisotopic (exact) mass is 328 g/mol. The Balaban J connectivity index is 0.00000161. The van der Waals surface area contributed by atoms with E-state index >= 15 is 0 Å². The molecule has 1 fully saturated rings. The maximum Gasteiger partial charge on any atom is 0.241 e. The van der Waals surface area contributed by atoms with Crippen molar-refractivity contribution in [1.82, 2.24) is 15.0 Å². The summed E-state index contributed by atoms with van der Waals surface area (Å²) >= 11 is 1.64. The van der Waals surface area contributed by atoms with Crippen LogP contribution in [0.15, 0.2) is 21.3 Å². The van der Waals surface area contributed by atoms with Crippen LogP contribution in [0.2, 0.25) is 0 Å². The molecule has 116 valence electrons. The van der Waals surface area contributed by atoms with E-state index in [9.17, 15) is 0 Å². The summed E-state index contributed by atoms with van der Waals surface area (Å²) in [5.41, 5.74) is 6.93. The minimum Gasteiger partial charge on any atom is -0.338 e. The third-order valence-electron chi connectivity index (χ3n) is 4.06. The average Bonchev–Trinajstić information content (AvgIpc) is 3.09. The predicted molar refractivity (Wildman–Crippen MR) is 86.5 cm³/mol. The van der Waals surface area contributed by atoms with Gasteiger partial charge in [0.05, 0.1) is 6.54 Å². The highest BCUT2D eigenvalue weighted by atomic mass is 35.5. The molecule has 2 N–H and O–H groups in total. The van der Waals surface area contributed by atoms with E-state index < -0.39 is 0 Å². The number of nitrogens with two attached hydrogens (primary N) is 1. The Labute approximate surface area is 134 Å². The third kappa shape index (κ3) is 3.63. The summed E-state index contributed by atoms with van der Waals surface area (Å²) in [7, 11) is 0. The molecule has 5 nitrogen and oxygen atoms in total. The molecule has 1 aliphatic heterocycles. The summed E-state index contributed by atoms with van der Waals surface area (Å²) < 4.78 is 5.38. The third-order valence-corrected chi connectivity index (χ3v) is 4.74. The quantitative estimate of drug-likeness (QED) is 0.934. The fraction of sp³-hybridized carbons (Fsp3) is 0.571. The Morgan fingerprint density at radius 3 is 3.10 bits per heavy atom. The minimum absolute atomic E-state index is 0. The summed E-state index contributed by atoms with van der Waals surface area (Å²) in [5.74, 6) is 1.99. The number of thiophene rings is 1. The first-order chi connectivity index (χ1) is 9.78. The van der Waals surface area contributed by atoms with Crippen molar-refractivity contribution >= 4 is 23.7 Å². The van der Waals surface area contributed by atoms with Crippen LogP contribution in [0.1, 0.15) is 25.7 Å². The molecule has 2 aromatic heterocycles. The second-order valence-electron chi connectivity index (χ2n) is 5.42. The van der Waals surface area contributed by atoms with Gasteiger partial charge in [0.1, 0.15) is 0 Å². The highest BCUT2D eigenvalue weighted by molar-refractivity contribution is 7.08. The minimum atomic E-state index is 0. The molecule has 1 saturated heterocycles. The van der Waals surface area contributed by atoms with Crippen LogP contribution in [0.4, 0.5) is 0 Å². The van der Waals surface area contributed by atoms with E-state index in [-0.39, 0.29) is 12.4 Å². The number of rotatable bonds is 4. The Morgan fingerprint density at radius 2 is 2.38 bits per heavy atom. The number of likely N-dealkylation sites (tertiary alicyclic amines) is 1. The van der Waals surface area contributed by atoms with E-state index in [1.54, 1.807) is 11.3 Å². The van der Waals surface area contributed by atoms with Crippen LogP contribution in [0.5, 0.6) is 0 Å². The molecule has 3 heterocycles. The number of halogens is 1. The second kappa shape index (κ2) is 7.35. The molecule has 3 rings (SSSR count). The predicted octanol–water partition coefficient (Wildman–Crippen LogP) is 2.78. The van der Waals surface area contributed by atoms with Crippen molar-refractivity contribution in [3.8, 4) is 11.4 Å². The van der Waals surface area contributed by atoms with Crippen LogP contribution in [0, 0.1) is 5.92 Å². The molecule has 0 radical (unpaired) electrons. The maximum atomic E-state index is 5.91. The zero-order valence-corrected chi connectivity index (χ0v) is 13.7. The summed E-state index contributed by atoms with van der Waals surface area (Å²) in [5, 5.41) is 8.10. The highest BCUT2D eigenvalue weighted by Gasteiger charge is 2.28. The lowest BCUT2D eigenvalue weighted by Crippen LogP contribution is -2.48. The molecule has 2 atom stereocenters. The lowest BCUT2D eigenvalue weighted by molar-refractivity contribution is 0.0874. The van der Waals surface area contributed by atoms with Gasteiger partial charge in [0.2, 0.25) is 11.7 Å². The number of hydrogen-bond acceptors (Lipinski definition) is 6. The molecular weight excluding hydrogens is 308 g/mol. The molecular formula is C14H21ClN4OS. The maximum absolute atomic E-state index is 5.91. The van der Waals surface area contributed by atoms with Crippen LogP contribution < -0.4 is 5.73 Å². The van der Waals surface area contributed by atoms with Crippen molar-refractivity contribution in [2.45, 2.75) is 32.4 Å². The van der Waals surface area contributed by atoms with E-state index in [2.05, 4.69) is 22.0 Å². The topological polar surface area (TPSA) is 68.2 Å². The van der Waals surface area contributed by atoms with Crippen molar-refractivity contribution in [3.63, 3.8) is 0 Å². The number of piperidine rings is 1. The van der Waals surface area contributed by atoms with Crippen molar-refractivity contribution in [3.05, 3.63) is 22.7 Å². The van der Waals surface area contributed by atoms with Crippen LogP contribution in [0.25, 0.3) is 11.4 Å². The van der Waals surface area contributed by atoms with Crippen LogP contribution in [-0.4, -0.2) is 34.2 Å². The molecule has 1 aliphatic rings. The molecule has 0 amide bonds. The van der Waals surface area contributed by atoms with Crippen LogP contribution >= 0.6 is 23.7 Å². The summed E-state index contributed by atoms with van der Waals surface area (Å²) in [4.78, 5) is 6.86. The standard InChI is InChI=1S/C14H20N4OS.ClH/c1-10-3-2-5-18(12(10)7-15)8-13-16-14(17-19-13)11-4-6-20-9-11;/h4,6,9-10,12H,2-3,5,7-8,15H2,1H3;1H. The first kappa shape index (κ1) is 16.4.